The third-order valence-corrected chi connectivity index (χ3v) is 4.26. The summed E-state index contributed by atoms with van der Waals surface area (Å²) in [6.07, 6.45) is 0. The number of likely N-dealkylation sites (N-methyl/N-ethyl adjacent to an activating group) is 1. The van der Waals surface area contributed by atoms with Crippen LogP contribution in [0.5, 0.6) is 5.75 Å². The Kier molecular flexibility index (Phi) is 5.42. The van der Waals surface area contributed by atoms with E-state index in [0.717, 1.165) is 8.47 Å². The number of aliphatic carboxylic acids is 1. The monoisotopic (exact) mass is 397 g/mol. The summed E-state index contributed by atoms with van der Waals surface area (Å²) in [7, 11) is 2.86. The Hall–Kier alpha value is -1.02. The van der Waals surface area contributed by atoms with E-state index in [1.807, 2.05) is 22.6 Å². The van der Waals surface area contributed by atoms with Gasteiger partial charge in [-0.25, -0.2) is 4.79 Å². The first-order valence-corrected chi connectivity index (χ1v) is 6.78. The van der Waals surface area contributed by atoms with Crippen LogP contribution in [-0.2, 0) is 4.79 Å². The number of carboxylic acids is 1. The molecular formula is C12H13ClINO4. The van der Waals surface area contributed by atoms with Crippen molar-refractivity contribution < 1.29 is 19.4 Å². The molecule has 0 bridgehead atoms. The minimum Gasteiger partial charge on any atom is -0.496 e. The molecule has 0 spiro atoms. The number of halogens is 2. The van der Waals surface area contributed by atoms with Gasteiger partial charge in [0.05, 0.1) is 17.7 Å². The molecule has 0 saturated carbocycles. The lowest BCUT2D eigenvalue weighted by atomic mass is 10.1. The second-order valence-corrected chi connectivity index (χ2v) is 5.47. The number of hydrogen-bond acceptors (Lipinski definition) is 3. The van der Waals surface area contributed by atoms with Crippen LogP contribution < -0.4 is 4.74 Å². The standard InChI is InChI=1S/C12H13ClINO4/c1-6(12(17)18)15(2)11(16)7-4-8(13)9(14)5-10(7)19-3/h4-6H,1-3H3,(H,17,18). The third-order valence-electron chi connectivity index (χ3n) is 2.73. The largest absolute Gasteiger partial charge is 0.496 e. The lowest BCUT2D eigenvalue weighted by Crippen LogP contribution is -2.40. The second kappa shape index (κ2) is 6.42. The highest BCUT2D eigenvalue weighted by molar-refractivity contribution is 14.1. The van der Waals surface area contributed by atoms with Crippen LogP contribution in [0.25, 0.3) is 0 Å². The number of carbonyl (C=O) groups is 2. The summed E-state index contributed by atoms with van der Waals surface area (Å²) in [5.74, 6) is -1.17. The van der Waals surface area contributed by atoms with Crippen molar-refractivity contribution in [3.8, 4) is 5.75 Å². The minimum atomic E-state index is -1.08. The van der Waals surface area contributed by atoms with E-state index in [1.165, 1.54) is 27.1 Å². The molecular weight excluding hydrogens is 384 g/mol. The number of ether oxygens (including phenoxy) is 1. The first-order valence-electron chi connectivity index (χ1n) is 5.32. The van der Waals surface area contributed by atoms with E-state index in [0.29, 0.717) is 10.8 Å². The van der Waals surface area contributed by atoms with E-state index in [-0.39, 0.29) is 5.56 Å². The van der Waals surface area contributed by atoms with Gasteiger partial charge >= 0.3 is 5.97 Å². The van der Waals surface area contributed by atoms with Gasteiger partial charge in [0.1, 0.15) is 11.8 Å². The van der Waals surface area contributed by atoms with E-state index in [2.05, 4.69) is 0 Å². The van der Waals surface area contributed by atoms with Crippen molar-refractivity contribution in [2.45, 2.75) is 13.0 Å². The maximum Gasteiger partial charge on any atom is 0.326 e. The van der Waals surface area contributed by atoms with Crippen LogP contribution in [0, 0.1) is 3.57 Å². The van der Waals surface area contributed by atoms with E-state index >= 15 is 0 Å². The molecule has 1 unspecified atom stereocenters. The van der Waals surface area contributed by atoms with E-state index < -0.39 is 17.9 Å². The fourth-order valence-electron chi connectivity index (χ4n) is 1.40. The Labute approximate surface area is 129 Å². The lowest BCUT2D eigenvalue weighted by molar-refractivity contribution is -0.141. The summed E-state index contributed by atoms with van der Waals surface area (Å²) in [6.45, 7) is 1.43. The number of amides is 1. The summed E-state index contributed by atoms with van der Waals surface area (Å²) in [4.78, 5) is 24.3. The molecule has 0 heterocycles. The molecule has 1 N–H and O–H groups in total. The van der Waals surface area contributed by atoms with Crippen molar-refractivity contribution in [2.75, 3.05) is 14.2 Å². The third kappa shape index (κ3) is 3.50. The summed E-state index contributed by atoms with van der Waals surface area (Å²) >= 11 is 8.01. The van der Waals surface area contributed by atoms with E-state index in [4.69, 9.17) is 21.4 Å². The van der Waals surface area contributed by atoms with Crippen LogP contribution in [0.3, 0.4) is 0 Å². The molecule has 104 valence electrons. The molecule has 19 heavy (non-hydrogen) atoms. The average Bonchev–Trinajstić information content (AvgIpc) is 2.38. The smallest absolute Gasteiger partial charge is 0.326 e. The molecule has 0 fully saturated rings. The van der Waals surface area contributed by atoms with Gasteiger partial charge in [0, 0.05) is 10.6 Å². The SMILES string of the molecule is COc1cc(I)c(Cl)cc1C(=O)N(C)C(C)C(=O)O. The fraction of sp³-hybridized carbons (Fsp3) is 0.333. The Morgan fingerprint density at radius 1 is 1.47 bits per heavy atom. The summed E-state index contributed by atoms with van der Waals surface area (Å²) in [5.41, 5.74) is 0.239. The fourth-order valence-corrected chi connectivity index (χ4v) is 2.00. The highest BCUT2D eigenvalue weighted by Gasteiger charge is 2.25. The van der Waals surface area contributed by atoms with Crippen LogP contribution in [-0.4, -0.2) is 42.1 Å². The second-order valence-electron chi connectivity index (χ2n) is 3.90. The molecule has 1 atom stereocenters. The number of hydrogen-bond donors (Lipinski definition) is 1. The van der Waals surface area contributed by atoms with Crippen molar-refractivity contribution in [2.24, 2.45) is 0 Å². The number of methoxy groups -OCH3 is 1. The molecule has 0 aliphatic carbocycles. The van der Waals surface area contributed by atoms with Crippen LogP contribution in [0.1, 0.15) is 17.3 Å². The number of nitrogens with zero attached hydrogens (tertiary/aromatic N) is 1. The van der Waals surface area contributed by atoms with Gasteiger partial charge in [0.2, 0.25) is 0 Å². The van der Waals surface area contributed by atoms with Gasteiger partial charge in [0.15, 0.2) is 0 Å². The molecule has 0 aliphatic heterocycles. The minimum absolute atomic E-state index is 0.239. The molecule has 7 heteroatoms. The zero-order chi connectivity index (χ0) is 14.7. The lowest BCUT2D eigenvalue weighted by Gasteiger charge is -2.22. The Morgan fingerprint density at radius 2 is 2.05 bits per heavy atom. The number of carbonyl (C=O) groups excluding carboxylic acids is 1. The van der Waals surface area contributed by atoms with Gasteiger partial charge in [-0.2, -0.15) is 0 Å². The normalized spacial score (nSPS) is 11.8. The molecule has 1 aromatic rings. The Bertz CT molecular complexity index is 521. The maximum atomic E-state index is 12.3. The van der Waals surface area contributed by atoms with Crippen molar-refractivity contribution in [1.29, 1.82) is 0 Å². The topological polar surface area (TPSA) is 66.8 Å². The molecule has 1 aromatic carbocycles. The average molecular weight is 398 g/mol. The summed E-state index contributed by atoms with van der Waals surface area (Å²) in [6, 6.07) is 2.18. The van der Waals surface area contributed by atoms with Gasteiger partial charge in [-0.15, -0.1) is 0 Å². The van der Waals surface area contributed by atoms with Crippen LogP contribution >= 0.6 is 34.2 Å². The molecule has 1 amide bonds. The van der Waals surface area contributed by atoms with E-state index in [1.54, 1.807) is 6.07 Å². The summed E-state index contributed by atoms with van der Waals surface area (Å²) < 4.78 is 5.89. The van der Waals surface area contributed by atoms with Crippen molar-refractivity contribution >= 4 is 46.1 Å². The molecule has 0 aliphatic rings. The van der Waals surface area contributed by atoms with Gasteiger partial charge in [-0.05, 0) is 41.6 Å². The van der Waals surface area contributed by atoms with Gasteiger partial charge in [-0.1, -0.05) is 11.6 Å². The predicted octanol–water partition coefficient (Wildman–Crippen LogP) is 2.50. The Morgan fingerprint density at radius 3 is 2.53 bits per heavy atom. The quantitative estimate of drug-likeness (QED) is 0.793. The molecule has 0 aromatic heterocycles. The highest BCUT2D eigenvalue weighted by Crippen LogP contribution is 2.29. The Balaban J connectivity index is 3.19. The van der Waals surface area contributed by atoms with Crippen LogP contribution in [0.2, 0.25) is 5.02 Å². The maximum absolute atomic E-state index is 12.3. The van der Waals surface area contributed by atoms with Gasteiger partial charge in [0.25, 0.3) is 5.91 Å². The zero-order valence-electron chi connectivity index (χ0n) is 10.6. The highest BCUT2D eigenvalue weighted by atomic mass is 127. The first-order chi connectivity index (χ1) is 8.79. The molecule has 0 radical (unpaired) electrons. The van der Waals surface area contributed by atoms with E-state index in [9.17, 15) is 9.59 Å². The van der Waals surface area contributed by atoms with Crippen molar-refractivity contribution in [3.05, 3.63) is 26.3 Å². The van der Waals surface area contributed by atoms with Crippen LogP contribution in [0.15, 0.2) is 12.1 Å². The predicted molar refractivity (Wildman–Crippen MR) is 79.9 cm³/mol. The molecule has 0 saturated heterocycles. The van der Waals surface area contributed by atoms with Crippen molar-refractivity contribution in [1.82, 2.24) is 4.90 Å². The number of carboxylic acid groups (broad SMARTS) is 1. The van der Waals surface area contributed by atoms with Crippen molar-refractivity contribution in [3.63, 3.8) is 0 Å². The molecule has 5 nitrogen and oxygen atoms in total. The number of rotatable bonds is 4. The first kappa shape index (κ1) is 16.0. The number of benzene rings is 1. The molecule has 1 rings (SSSR count). The van der Waals surface area contributed by atoms with Crippen LogP contribution in [0.4, 0.5) is 0 Å². The van der Waals surface area contributed by atoms with Gasteiger partial charge in [-0.3, -0.25) is 4.79 Å². The zero-order valence-corrected chi connectivity index (χ0v) is 13.5. The van der Waals surface area contributed by atoms with Gasteiger partial charge < -0.3 is 14.7 Å². The summed E-state index contributed by atoms with van der Waals surface area (Å²) in [5, 5.41) is 9.34.